The van der Waals surface area contributed by atoms with Gasteiger partial charge in [-0.1, -0.05) is 43.2 Å². The van der Waals surface area contributed by atoms with Gasteiger partial charge in [-0.2, -0.15) is 0 Å². The fourth-order valence-corrected chi connectivity index (χ4v) is 7.04. The maximum atomic E-state index is 13.5. The van der Waals surface area contributed by atoms with Crippen molar-refractivity contribution < 1.29 is 4.79 Å². The first-order valence-corrected chi connectivity index (χ1v) is 16.8. The Hall–Kier alpha value is -5.22. The lowest BCUT2D eigenvalue weighted by atomic mass is 9.92. The summed E-state index contributed by atoms with van der Waals surface area (Å²) in [7, 11) is 8.29. The van der Waals surface area contributed by atoms with Crippen LogP contribution >= 0.6 is 0 Å². The molecule has 0 saturated heterocycles. The first-order valence-electron chi connectivity index (χ1n) is 16.8. The molecule has 49 heavy (non-hydrogen) atoms. The molecule has 10 heteroatoms. The van der Waals surface area contributed by atoms with Crippen LogP contribution in [0.3, 0.4) is 0 Å². The molecule has 0 fully saturated rings. The van der Waals surface area contributed by atoms with Gasteiger partial charge in [-0.15, -0.1) is 0 Å². The lowest BCUT2D eigenvalue weighted by molar-refractivity contribution is 0.101. The van der Waals surface area contributed by atoms with E-state index in [2.05, 4.69) is 70.1 Å². The second-order valence-corrected chi connectivity index (χ2v) is 13.0. The molecule has 0 aliphatic carbocycles. The number of rotatable bonds is 8. The molecule has 5 aromatic rings. The van der Waals surface area contributed by atoms with Gasteiger partial charge in [-0.25, -0.2) is 4.98 Å². The van der Waals surface area contributed by atoms with E-state index in [1.165, 1.54) is 11.1 Å². The van der Waals surface area contributed by atoms with Crippen LogP contribution in [-0.2, 0) is 33.1 Å². The fourth-order valence-electron chi connectivity index (χ4n) is 7.04. The van der Waals surface area contributed by atoms with Gasteiger partial charge >= 0.3 is 0 Å². The van der Waals surface area contributed by atoms with Crippen molar-refractivity contribution in [2.45, 2.75) is 53.8 Å². The van der Waals surface area contributed by atoms with Crippen LogP contribution in [0, 0.1) is 20.8 Å². The lowest BCUT2D eigenvalue weighted by Crippen LogP contribution is -2.30. The molecule has 2 aliphatic heterocycles. The first kappa shape index (κ1) is 32.3. The Morgan fingerprint density at radius 2 is 1.63 bits per heavy atom. The number of hydrogen-bond donors (Lipinski definition) is 2. The van der Waals surface area contributed by atoms with E-state index in [-0.39, 0.29) is 5.91 Å². The number of nitrogens with one attached hydrogen (secondary N) is 2. The smallest absolute Gasteiger partial charge is 0.291 e. The molecule has 0 unspecified atom stereocenters. The number of benzene rings is 2. The van der Waals surface area contributed by atoms with Crippen LogP contribution in [0.5, 0.6) is 0 Å². The van der Waals surface area contributed by atoms with Crippen LogP contribution in [0.1, 0.15) is 62.6 Å². The van der Waals surface area contributed by atoms with Crippen molar-refractivity contribution in [1.29, 1.82) is 0 Å². The van der Waals surface area contributed by atoms with Gasteiger partial charge in [0, 0.05) is 80.5 Å². The van der Waals surface area contributed by atoms with Crippen molar-refractivity contribution in [2.24, 2.45) is 7.05 Å². The summed E-state index contributed by atoms with van der Waals surface area (Å²) < 4.78 is 1.95. The summed E-state index contributed by atoms with van der Waals surface area (Å²) in [6.45, 7) is 16.8. The minimum atomic E-state index is -0.201. The van der Waals surface area contributed by atoms with Crippen LogP contribution < -0.4 is 21.0 Å². The number of amides is 1. The van der Waals surface area contributed by atoms with Crippen LogP contribution in [0.25, 0.3) is 16.8 Å². The molecule has 5 heterocycles. The molecule has 246 valence electrons. The number of carbonyl (C=O) groups is 1. The Balaban J connectivity index is 1.08. The largest absolute Gasteiger partial charge is 0.363 e. The van der Waals surface area contributed by atoms with Crippen molar-refractivity contribution in [2.75, 3.05) is 28.6 Å². The van der Waals surface area contributed by atoms with E-state index in [1.54, 1.807) is 6.20 Å². The number of anilines is 3. The third-order valence-electron chi connectivity index (χ3n) is 10.1. The van der Waals surface area contributed by atoms with Gasteiger partial charge in [0.2, 0.25) is 0 Å². The molecule has 2 aliphatic rings. The molecule has 7 rings (SSSR count). The molecule has 9 nitrogen and oxygen atoms in total. The highest BCUT2D eigenvalue weighted by atomic mass is 16.2. The number of hydrogen-bond acceptors (Lipinski definition) is 7. The van der Waals surface area contributed by atoms with Crippen molar-refractivity contribution in [3.63, 3.8) is 0 Å². The summed E-state index contributed by atoms with van der Waals surface area (Å²) in [6, 6.07) is 16.3. The van der Waals surface area contributed by atoms with Gasteiger partial charge in [0.15, 0.2) is 5.82 Å². The van der Waals surface area contributed by atoms with E-state index >= 15 is 0 Å². The predicted octanol–water partition coefficient (Wildman–Crippen LogP) is 5.83. The fraction of sp³-hybridized carbons (Fsp3) is 0.282. The Bertz CT molecular complexity index is 2120. The van der Waals surface area contributed by atoms with Crippen LogP contribution in [0.15, 0.2) is 67.5 Å². The third-order valence-corrected chi connectivity index (χ3v) is 10.1. The van der Waals surface area contributed by atoms with Crippen LogP contribution in [-0.4, -0.2) is 51.3 Å². The predicted molar refractivity (Wildman–Crippen MR) is 198 cm³/mol. The maximum Gasteiger partial charge on any atom is 0.291 e. The van der Waals surface area contributed by atoms with Crippen molar-refractivity contribution >= 4 is 42.0 Å². The molecule has 2 radical (unpaired) electrons. The molecule has 2 N–H and O–H groups in total. The van der Waals surface area contributed by atoms with E-state index < -0.39 is 0 Å². The monoisotopic (exact) mass is 648 g/mol. The average Bonchev–Trinajstić information content (AvgIpc) is 3.68. The zero-order valence-corrected chi connectivity index (χ0v) is 28.9. The van der Waals surface area contributed by atoms with E-state index in [0.29, 0.717) is 11.3 Å². The number of pyridine rings is 2. The number of fused-ring (bicyclic) bond motifs is 2. The summed E-state index contributed by atoms with van der Waals surface area (Å²) in [6.07, 6.45) is 4.64. The maximum absolute atomic E-state index is 13.5. The Kier molecular flexibility index (Phi) is 8.58. The molecule has 0 spiro atoms. The van der Waals surface area contributed by atoms with E-state index in [4.69, 9.17) is 17.8 Å². The van der Waals surface area contributed by atoms with Gasteiger partial charge in [-0.3, -0.25) is 19.7 Å². The van der Waals surface area contributed by atoms with Crippen molar-refractivity contribution in [1.82, 2.24) is 24.4 Å². The summed E-state index contributed by atoms with van der Waals surface area (Å²) in [5.74, 6) is 0.242. The number of aryl methyl sites for hydroxylation is 1. The zero-order valence-electron chi connectivity index (χ0n) is 28.9. The SMILES string of the molecule is [B]c1c(N2Cc3cnc(C(=C)Nc4cccc(-c5cccc(NC(=O)c6nc7c(n6C)CCN(CC)C7)c5C)c4C)cc3C2)ccnc1C. The minimum Gasteiger partial charge on any atom is -0.363 e. The van der Waals surface area contributed by atoms with Crippen LogP contribution in [0.4, 0.5) is 17.1 Å². The van der Waals surface area contributed by atoms with Crippen molar-refractivity contribution in [3.8, 4) is 11.1 Å². The molecule has 0 saturated carbocycles. The topological polar surface area (TPSA) is 91.2 Å². The molecular weight excluding hydrogens is 607 g/mol. The number of carbonyl (C=O) groups excluding carboxylic acids is 1. The molecular formula is C39H41BN8O. The van der Waals surface area contributed by atoms with Gasteiger partial charge in [0.05, 0.1) is 17.1 Å². The molecule has 3 aromatic heterocycles. The molecule has 0 bridgehead atoms. The normalized spacial score (nSPS) is 14.0. The Morgan fingerprint density at radius 1 is 0.939 bits per heavy atom. The summed E-state index contributed by atoms with van der Waals surface area (Å²) in [5.41, 5.74) is 14.5. The third kappa shape index (κ3) is 6.01. The second kappa shape index (κ2) is 13.0. The Labute approximate surface area is 289 Å². The lowest BCUT2D eigenvalue weighted by Gasteiger charge is -2.24. The number of aromatic nitrogens is 4. The highest BCUT2D eigenvalue weighted by molar-refractivity contribution is 6.36. The summed E-state index contributed by atoms with van der Waals surface area (Å²) >= 11 is 0. The summed E-state index contributed by atoms with van der Waals surface area (Å²) in [5, 5.41) is 6.68. The van der Waals surface area contributed by atoms with Gasteiger partial charge in [0.25, 0.3) is 5.91 Å². The molecule has 0 atom stereocenters. The van der Waals surface area contributed by atoms with Gasteiger partial charge < -0.3 is 20.1 Å². The Morgan fingerprint density at radius 3 is 2.35 bits per heavy atom. The standard InChI is InChI=1S/C39H41BN8O/c1-7-47-17-15-35-34(22-47)44-38(46(35)6)39(49)45-32-13-9-11-30(24(32)3)29-10-8-12-31(23(29)2)43-25(4)33-18-27-20-48(21-28(27)19-42-33)36-14-16-41-26(5)37(36)40/h8-14,16,18-19,43H,4,7,15,17,20-22H2,1-3,5-6H3,(H,45,49). The van der Waals surface area contributed by atoms with E-state index in [0.717, 1.165) is 107 Å². The van der Waals surface area contributed by atoms with Crippen LogP contribution in [0.2, 0.25) is 0 Å². The van der Waals surface area contributed by atoms with E-state index in [1.807, 2.05) is 55.9 Å². The minimum absolute atomic E-state index is 0.201. The van der Waals surface area contributed by atoms with Gasteiger partial charge in [0.1, 0.15) is 7.85 Å². The van der Waals surface area contributed by atoms with Crippen molar-refractivity contribution in [3.05, 3.63) is 118 Å². The first-order chi connectivity index (χ1) is 23.6. The molecule has 1 amide bonds. The van der Waals surface area contributed by atoms with Gasteiger partial charge in [-0.05, 0) is 85.0 Å². The molecule has 2 aromatic carbocycles. The van der Waals surface area contributed by atoms with E-state index in [9.17, 15) is 4.79 Å². The quantitative estimate of drug-likeness (QED) is 0.205. The highest BCUT2D eigenvalue weighted by Crippen LogP contribution is 2.35. The second-order valence-electron chi connectivity index (χ2n) is 13.0. The average molecular weight is 649 g/mol. The highest BCUT2D eigenvalue weighted by Gasteiger charge is 2.26. The summed E-state index contributed by atoms with van der Waals surface area (Å²) in [4.78, 5) is 32.0. The zero-order chi connectivity index (χ0) is 34.4. The number of nitrogens with zero attached hydrogens (tertiary/aromatic N) is 6. The number of likely N-dealkylation sites (N-methyl/N-ethyl adjacent to an activating group) is 1. The number of imidazole rings is 1.